The summed E-state index contributed by atoms with van der Waals surface area (Å²) in [6, 6.07) is 6.18. The minimum Gasteiger partial charge on any atom is -0.298 e. The van der Waals surface area contributed by atoms with Crippen molar-refractivity contribution in [3.05, 3.63) is 57.7 Å². The molecular formula is C12H11NO3. The lowest BCUT2D eigenvalue weighted by Gasteiger charge is -1.92. The van der Waals surface area contributed by atoms with Gasteiger partial charge in [0.15, 0.2) is 0 Å². The molecule has 0 aliphatic carbocycles. The van der Waals surface area contributed by atoms with Crippen molar-refractivity contribution in [2.75, 3.05) is 0 Å². The highest BCUT2D eigenvalue weighted by Crippen LogP contribution is 2.12. The Labute approximate surface area is 93.1 Å². The van der Waals surface area contributed by atoms with Gasteiger partial charge in [-0.15, -0.1) is 0 Å². The van der Waals surface area contributed by atoms with Crippen LogP contribution >= 0.6 is 0 Å². The van der Waals surface area contributed by atoms with Crippen LogP contribution in [0.5, 0.6) is 0 Å². The zero-order valence-corrected chi connectivity index (χ0v) is 8.79. The minimum absolute atomic E-state index is 0.0664. The second kappa shape index (κ2) is 5.60. The van der Waals surface area contributed by atoms with Crippen LogP contribution in [-0.2, 0) is 4.79 Å². The van der Waals surface area contributed by atoms with Crippen LogP contribution in [0.2, 0.25) is 0 Å². The van der Waals surface area contributed by atoms with E-state index in [1.165, 1.54) is 12.1 Å². The molecule has 1 rings (SSSR count). The van der Waals surface area contributed by atoms with Crippen LogP contribution in [-0.4, -0.2) is 11.2 Å². The van der Waals surface area contributed by atoms with E-state index in [9.17, 15) is 14.9 Å². The second-order valence-corrected chi connectivity index (χ2v) is 3.24. The van der Waals surface area contributed by atoms with Gasteiger partial charge in [-0.3, -0.25) is 14.9 Å². The molecule has 0 spiro atoms. The van der Waals surface area contributed by atoms with Gasteiger partial charge in [-0.1, -0.05) is 18.2 Å². The fourth-order valence-corrected chi connectivity index (χ4v) is 1.06. The van der Waals surface area contributed by atoms with Crippen LogP contribution in [0.4, 0.5) is 5.69 Å². The molecule has 0 heterocycles. The molecule has 0 unspecified atom stereocenters. The van der Waals surface area contributed by atoms with Crippen LogP contribution in [0.1, 0.15) is 12.5 Å². The monoisotopic (exact) mass is 217 g/mol. The summed E-state index contributed by atoms with van der Waals surface area (Å²) in [5.41, 5.74) is 1.54. The number of aldehydes is 1. The summed E-state index contributed by atoms with van der Waals surface area (Å²) in [4.78, 5) is 20.2. The zero-order valence-electron chi connectivity index (χ0n) is 8.79. The second-order valence-electron chi connectivity index (χ2n) is 3.24. The normalized spacial score (nSPS) is 11.7. The van der Waals surface area contributed by atoms with Crippen molar-refractivity contribution in [3.63, 3.8) is 0 Å². The van der Waals surface area contributed by atoms with E-state index in [1.807, 2.05) is 0 Å². The number of carbonyl (C=O) groups excluding carboxylic acids is 1. The van der Waals surface area contributed by atoms with Gasteiger partial charge in [0.05, 0.1) is 4.92 Å². The largest absolute Gasteiger partial charge is 0.298 e. The molecule has 0 N–H and O–H groups in total. The Kier molecular flexibility index (Phi) is 4.15. The number of hydrogen-bond donors (Lipinski definition) is 0. The lowest BCUT2D eigenvalue weighted by molar-refractivity contribution is -0.384. The van der Waals surface area contributed by atoms with E-state index in [2.05, 4.69) is 0 Å². The Bertz CT molecular complexity index is 444. The number of nitrogens with zero attached hydrogens (tertiary/aromatic N) is 1. The Morgan fingerprint density at radius 3 is 2.44 bits per heavy atom. The number of benzene rings is 1. The third-order valence-electron chi connectivity index (χ3n) is 1.94. The maximum absolute atomic E-state index is 10.4. The van der Waals surface area contributed by atoms with E-state index in [0.717, 1.165) is 11.8 Å². The maximum atomic E-state index is 10.4. The molecule has 0 aliphatic heterocycles. The minimum atomic E-state index is -0.441. The molecule has 0 saturated heterocycles. The Morgan fingerprint density at radius 1 is 1.31 bits per heavy atom. The number of nitro benzene ring substituents is 1. The van der Waals surface area contributed by atoms with Crippen LogP contribution in [0.15, 0.2) is 42.0 Å². The van der Waals surface area contributed by atoms with Crippen molar-refractivity contribution >= 4 is 18.0 Å². The smallest absolute Gasteiger partial charge is 0.269 e. The van der Waals surface area contributed by atoms with Gasteiger partial charge in [-0.25, -0.2) is 0 Å². The lowest BCUT2D eigenvalue weighted by Crippen LogP contribution is -1.86. The predicted molar refractivity (Wildman–Crippen MR) is 62.0 cm³/mol. The SMILES string of the molecule is C/C(C=O)=C\C=C\c1ccc([N+](=O)[O-])cc1. The molecule has 4 nitrogen and oxygen atoms in total. The van der Waals surface area contributed by atoms with E-state index in [1.54, 1.807) is 37.3 Å². The molecule has 0 aliphatic rings. The number of hydrogen-bond acceptors (Lipinski definition) is 3. The lowest BCUT2D eigenvalue weighted by atomic mass is 10.2. The molecule has 16 heavy (non-hydrogen) atoms. The van der Waals surface area contributed by atoms with Gasteiger partial charge < -0.3 is 0 Å². The first kappa shape index (κ1) is 11.8. The number of carbonyl (C=O) groups is 1. The fourth-order valence-electron chi connectivity index (χ4n) is 1.06. The van der Waals surface area contributed by atoms with Gasteiger partial charge in [-0.05, 0) is 30.2 Å². The summed E-state index contributed by atoms with van der Waals surface area (Å²) in [5.74, 6) is 0. The molecule has 4 heteroatoms. The predicted octanol–water partition coefficient (Wildman–Crippen LogP) is 2.75. The standard InChI is InChI=1S/C12H11NO3/c1-10(9-14)3-2-4-11-5-7-12(8-6-11)13(15)16/h2-9H,1H3/b4-2+,10-3+. The van der Waals surface area contributed by atoms with E-state index in [-0.39, 0.29) is 5.69 Å². The van der Waals surface area contributed by atoms with E-state index < -0.39 is 4.92 Å². The first-order chi connectivity index (χ1) is 7.63. The van der Waals surface area contributed by atoms with Crippen molar-refractivity contribution in [2.45, 2.75) is 6.92 Å². The molecule has 0 saturated carbocycles. The molecule has 0 aromatic heterocycles. The first-order valence-electron chi connectivity index (χ1n) is 4.68. The Hall–Kier alpha value is -2.23. The van der Waals surface area contributed by atoms with Crippen LogP contribution < -0.4 is 0 Å². The van der Waals surface area contributed by atoms with Gasteiger partial charge in [-0.2, -0.15) is 0 Å². The highest BCUT2D eigenvalue weighted by molar-refractivity contribution is 5.73. The third kappa shape index (κ3) is 3.49. The zero-order chi connectivity index (χ0) is 12.0. The molecule has 1 aromatic rings. The van der Waals surface area contributed by atoms with E-state index in [0.29, 0.717) is 5.57 Å². The van der Waals surface area contributed by atoms with E-state index in [4.69, 9.17) is 0 Å². The molecule has 1 aromatic carbocycles. The fraction of sp³-hybridized carbons (Fsp3) is 0.0833. The Morgan fingerprint density at radius 2 is 1.94 bits per heavy atom. The molecule has 0 fully saturated rings. The molecule has 0 atom stereocenters. The highest BCUT2D eigenvalue weighted by Gasteiger charge is 2.01. The molecular weight excluding hydrogens is 206 g/mol. The average Bonchev–Trinajstić information content (AvgIpc) is 2.29. The van der Waals surface area contributed by atoms with E-state index >= 15 is 0 Å². The molecule has 82 valence electrons. The van der Waals surface area contributed by atoms with Gasteiger partial charge >= 0.3 is 0 Å². The highest BCUT2D eigenvalue weighted by atomic mass is 16.6. The quantitative estimate of drug-likeness (QED) is 0.256. The van der Waals surface area contributed by atoms with Crippen molar-refractivity contribution < 1.29 is 9.72 Å². The summed E-state index contributed by atoms with van der Waals surface area (Å²) in [7, 11) is 0. The number of allylic oxidation sites excluding steroid dienone is 3. The first-order valence-corrected chi connectivity index (χ1v) is 4.68. The van der Waals surface area contributed by atoms with Gasteiger partial charge in [0.25, 0.3) is 5.69 Å². The molecule has 0 bridgehead atoms. The topological polar surface area (TPSA) is 60.2 Å². The number of nitro groups is 1. The average molecular weight is 217 g/mol. The van der Waals surface area contributed by atoms with Crippen LogP contribution in [0, 0.1) is 10.1 Å². The molecule has 0 amide bonds. The molecule has 0 radical (unpaired) electrons. The van der Waals surface area contributed by atoms with Gasteiger partial charge in [0.1, 0.15) is 6.29 Å². The third-order valence-corrected chi connectivity index (χ3v) is 1.94. The van der Waals surface area contributed by atoms with Crippen LogP contribution in [0.3, 0.4) is 0 Å². The maximum Gasteiger partial charge on any atom is 0.269 e. The van der Waals surface area contributed by atoms with Crippen molar-refractivity contribution in [3.8, 4) is 0 Å². The van der Waals surface area contributed by atoms with Gasteiger partial charge in [0, 0.05) is 12.1 Å². The van der Waals surface area contributed by atoms with Crippen molar-refractivity contribution in [1.29, 1.82) is 0 Å². The van der Waals surface area contributed by atoms with Crippen LogP contribution in [0.25, 0.3) is 6.08 Å². The Balaban J connectivity index is 2.76. The summed E-state index contributed by atoms with van der Waals surface area (Å²) in [5, 5.41) is 10.4. The summed E-state index contributed by atoms with van der Waals surface area (Å²) >= 11 is 0. The van der Waals surface area contributed by atoms with Crippen molar-refractivity contribution in [1.82, 2.24) is 0 Å². The summed E-state index contributed by atoms with van der Waals surface area (Å²) in [6.07, 6.45) is 5.94. The summed E-state index contributed by atoms with van der Waals surface area (Å²) in [6.45, 7) is 1.70. The van der Waals surface area contributed by atoms with Gasteiger partial charge in [0.2, 0.25) is 0 Å². The van der Waals surface area contributed by atoms with Crippen molar-refractivity contribution in [2.24, 2.45) is 0 Å². The number of non-ortho nitro benzene ring substituents is 1. The summed E-state index contributed by atoms with van der Waals surface area (Å²) < 4.78 is 0. The number of rotatable bonds is 4.